The maximum atomic E-state index is 11.6. The van der Waals surface area contributed by atoms with Crippen molar-refractivity contribution in [1.82, 2.24) is 9.97 Å². The molecule has 0 saturated heterocycles. The van der Waals surface area contributed by atoms with E-state index in [9.17, 15) is 4.79 Å². The van der Waals surface area contributed by atoms with Crippen LogP contribution in [0, 0.1) is 6.57 Å². The highest BCUT2D eigenvalue weighted by Gasteiger charge is 2.13. The number of hydrogen-bond donors (Lipinski definition) is 1. The molecule has 0 aliphatic rings. The van der Waals surface area contributed by atoms with Crippen LogP contribution in [-0.2, 0) is 0 Å². The summed E-state index contributed by atoms with van der Waals surface area (Å²) in [5, 5.41) is 2.42. The lowest BCUT2D eigenvalue weighted by atomic mass is 10.3. The Morgan fingerprint density at radius 2 is 2.44 bits per heavy atom. The van der Waals surface area contributed by atoms with Gasteiger partial charge in [-0.25, -0.2) is 9.83 Å². The summed E-state index contributed by atoms with van der Waals surface area (Å²) in [6.45, 7) is 7.02. The van der Waals surface area contributed by atoms with E-state index in [-0.39, 0.29) is 11.2 Å². The molecule has 2 aromatic heterocycles. The molecule has 0 spiro atoms. The number of nitrogens with zero attached hydrogens (tertiary/aromatic N) is 2. The van der Waals surface area contributed by atoms with Gasteiger partial charge in [-0.1, -0.05) is 17.8 Å². The van der Waals surface area contributed by atoms with Crippen molar-refractivity contribution in [2.24, 2.45) is 0 Å². The summed E-state index contributed by atoms with van der Waals surface area (Å²) in [4.78, 5) is 22.5. The van der Waals surface area contributed by atoms with Crippen molar-refractivity contribution in [2.75, 3.05) is 6.26 Å². The highest BCUT2D eigenvalue weighted by atomic mass is 32.2. The summed E-state index contributed by atoms with van der Waals surface area (Å²) in [5.41, 5.74) is 0.149. The van der Waals surface area contributed by atoms with Gasteiger partial charge in [0.15, 0.2) is 5.16 Å². The van der Waals surface area contributed by atoms with E-state index >= 15 is 0 Å². The van der Waals surface area contributed by atoms with Gasteiger partial charge in [0.05, 0.1) is 12.3 Å². The summed E-state index contributed by atoms with van der Waals surface area (Å²) < 4.78 is 0. The molecule has 0 fully saturated rings. The van der Waals surface area contributed by atoms with Crippen LogP contribution in [0.5, 0.6) is 0 Å². The molecule has 2 aromatic rings. The standard InChI is InChI=1S/C10H7N3OS2/c1-11-8-7(6-4-3-5-16-6)12-10(15-2)13-9(8)14/h3-5H,2H3,(H,12,13,14). The van der Waals surface area contributed by atoms with Crippen LogP contribution in [0.4, 0.5) is 5.69 Å². The first-order valence-corrected chi connectivity index (χ1v) is 6.46. The van der Waals surface area contributed by atoms with Crippen LogP contribution < -0.4 is 5.56 Å². The smallest absolute Gasteiger partial charge is 0.276 e. The highest BCUT2D eigenvalue weighted by Crippen LogP contribution is 2.29. The first-order valence-electron chi connectivity index (χ1n) is 4.36. The topological polar surface area (TPSA) is 50.1 Å². The van der Waals surface area contributed by atoms with Crippen LogP contribution in [0.15, 0.2) is 27.5 Å². The van der Waals surface area contributed by atoms with Gasteiger partial charge in [-0.3, -0.25) is 4.79 Å². The largest absolute Gasteiger partial charge is 0.311 e. The molecule has 0 radical (unpaired) electrons. The molecule has 0 aliphatic heterocycles. The Kier molecular flexibility index (Phi) is 3.08. The third-order valence-electron chi connectivity index (χ3n) is 1.93. The number of thiophene rings is 1. The molecule has 0 amide bonds. The molecule has 16 heavy (non-hydrogen) atoms. The first kappa shape index (κ1) is 10.9. The van der Waals surface area contributed by atoms with Gasteiger partial charge < -0.3 is 4.98 Å². The van der Waals surface area contributed by atoms with Gasteiger partial charge in [0.1, 0.15) is 0 Å². The maximum Gasteiger partial charge on any atom is 0.276 e. The Hall–Kier alpha value is -1.58. The second-order valence-electron chi connectivity index (χ2n) is 2.86. The summed E-state index contributed by atoms with van der Waals surface area (Å²) >= 11 is 2.81. The molecule has 2 heterocycles. The molecule has 80 valence electrons. The van der Waals surface area contributed by atoms with Crippen molar-refractivity contribution in [3.8, 4) is 10.6 Å². The van der Waals surface area contributed by atoms with Gasteiger partial charge in [-0.2, -0.15) is 0 Å². The van der Waals surface area contributed by atoms with Crippen LogP contribution in [-0.4, -0.2) is 16.2 Å². The van der Waals surface area contributed by atoms with Crippen LogP contribution in [0.25, 0.3) is 15.4 Å². The molecule has 4 nitrogen and oxygen atoms in total. The number of rotatable bonds is 2. The highest BCUT2D eigenvalue weighted by molar-refractivity contribution is 7.98. The van der Waals surface area contributed by atoms with Gasteiger partial charge >= 0.3 is 0 Å². The monoisotopic (exact) mass is 249 g/mol. The van der Waals surface area contributed by atoms with Crippen molar-refractivity contribution in [3.05, 3.63) is 39.3 Å². The Bertz CT molecular complexity index is 596. The maximum absolute atomic E-state index is 11.6. The average Bonchev–Trinajstić information content (AvgIpc) is 2.81. The number of aromatic nitrogens is 2. The number of hydrogen-bond acceptors (Lipinski definition) is 4. The Balaban J connectivity index is 2.73. The fourth-order valence-electron chi connectivity index (χ4n) is 1.23. The van der Waals surface area contributed by atoms with Crippen LogP contribution in [0.3, 0.4) is 0 Å². The lowest BCUT2D eigenvalue weighted by Crippen LogP contribution is -2.08. The van der Waals surface area contributed by atoms with Crippen molar-refractivity contribution in [3.63, 3.8) is 0 Å². The molecule has 2 rings (SSSR count). The van der Waals surface area contributed by atoms with Crippen molar-refractivity contribution in [1.29, 1.82) is 0 Å². The zero-order valence-electron chi connectivity index (χ0n) is 8.35. The zero-order chi connectivity index (χ0) is 11.5. The van der Waals surface area contributed by atoms with E-state index in [2.05, 4.69) is 14.8 Å². The van der Waals surface area contributed by atoms with E-state index in [1.54, 1.807) is 0 Å². The normalized spacial score (nSPS) is 10.0. The third-order valence-corrected chi connectivity index (χ3v) is 3.39. The van der Waals surface area contributed by atoms with Gasteiger partial charge in [-0.05, 0) is 17.7 Å². The summed E-state index contributed by atoms with van der Waals surface area (Å²) in [6, 6.07) is 3.72. The molecule has 0 bridgehead atoms. The molecule has 6 heteroatoms. The molecule has 0 saturated carbocycles. The fraction of sp³-hybridized carbons (Fsp3) is 0.100. The molecule has 0 atom stereocenters. The lowest BCUT2D eigenvalue weighted by Gasteiger charge is -2.02. The minimum Gasteiger partial charge on any atom is -0.311 e. The summed E-state index contributed by atoms with van der Waals surface area (Å²) in [7, 11) is 0. The van der Waals surface area contributed by atoms with E-state index in [4.69, 9.17) is 6.57 Å². The first-order chi connectivity index (χ1) is 7.76. The lowest BCUT2D eigenvalue weighted by molar-refractivity contribution is 0.954. The second-order valence-corrected chi connectivity index (χ2v) is 4.60. The van der Waals surface area contributed by atoms with E-state index in [0.29, 0.717) is 10.9 Å². The second kappa shape index (κ2) is 4.51. The Labute approximate surface area is 100 Å². The van der Waals surface area contributed by atoms with Crippen LogP contribution in [0.2, 0.25) is 0 Å². The molecule has 0 unspecified atom stereocenters. The van der Waals surface area contributed by atoms with E-state index in [0.717, 1.165) is 4.88 Å². The third kappa shape index (κ3) is 1.87. The van der Waals surface area contributed by atoms with Gasteiger partial charge in [0.2, 0.25) is 0 Å². The Morgan fingerprint density at radius 3 is 3.00 bits per heavy atom. The van der Waals surface area contributed by atoms with Crippen molar-refractivity contribution in [2.45, 2.75) is 5.16 Å². The number of thioether (sulfide) groups is 1. The van der Waals surface area contributed by atoms with Crippen LogP contribution in [0.1, 0.15) is 0 Å². The van der Waals surface area contributed by atoms with E-state index in [1.807, 2.05) is 23.8 Å². The number of H-pyrrole nitrogens is 1. The molecular weight excluding hydrogens is 242 g/mol. The minimum atomic E-state index is -0.377. The van der Waals surface area contributed by atoms with Gasteiger partial charge in [0, 0.05) is 4.88 Å². The number of nitrogens with one attached hydrogen (secondary N) is 1. The Morgan fingerprint density at radius 1 is 1.62 bits per heavy atom. The van der Waals surface area contributed by atoms with Crippen LogP contribution >= 0.6 is 23.1 Å². The molecule has 0 aliphatic carbocycles. The van der Waals surface area contributed by atoms with Crippen molar-refractivity contribution >= 4 is 28.8 Å². The van der Waals surface area contributed by atoms with E-state index < -0.39 is 0 Å². The van der Waals surface area contributed by atoms with Crippen molar-refractivity contribution < 1.29 is 0 Å². The van der Waals surface area contributed by atoms with E-state index in [1.165, 1.54) is 23.1 Å². The molecule has 1 N–H and O–H groups in total. The van der Waals surface area contributed by atoms with Gasteiger partial charge in [-0.15, -0.1) is 11.3 Å². The predicted octanol–water partition coefficient (Wildman–Crippen LogP) is 2.77. The minimum absolute atomic E-state index is 0.0558. The zero-order valence-corrected chi connectivity index (χ0v) is 9.98. The average molecular weight is 249 g/mol. The summed E-state index contributed by atoms with van der Waals surface area (Å²) in [5.74, 6) is 0. The van der Waals surface area contributed by atoms with Gasteiger partial charge in [0.25, 0.3) is 11.2 Å². The quantitative estimate of drug-likeness (QED) is 0.506. The predicted molar refractivity (Wildman–Crippen MR) is 66.2 cm³/mol. The summed E-state index contributed by atoms with van der Waals surface area (Å²) in [6.07, 6.45) is 1.83. The molecular formula is C10H7N3OS2. The molecule has 0 aromatic carbocycles. The SMILES string of the molecule is [C-]#[N+]c1c(-c2cccs2)nc(SC)[nH]c1=O. The number of aromatic amines is 1. The fourth-order valence-corrected chi connectivity index (χ4v) is 2.32.